The zero-order chi connectivity index (χ0) is 28.0. The standard InChI is InChI=1S/C23H23F3N6O3S.CH5N/c1-13-3-4-15(11-20(13)36(27,33)34)29-23-17(12-28-2)22(31-32(23)16-5-7-35-8-6-16)30-21-18(25)9-14(24)10-19(21)26;1-2/h3-4,9-12,16H,2,5-8H2,1H3,(H,30,31)(H2,27,33,34);2H2,1H3/b17-12-,29-23?;. The van der Waals surface area contributed by atoms with Crippen molar-refractivity contribution in [3.05, 3.63) is 65.1 Å². The number of nitrogens with one attached hydrogen (secondary N) is 1. The van der Waals surface area contributed by atoms with Crippen molar-refractivity contribution in [1.82, 2.24) is 10.4 Å². The van der Waals surface area contributed by atoms with Gasteiger partial charge in [0.2, 0.25) is 10.0 Å². The van der Waals surface area contributed by atoms with Crippen molar-refractivity contribution >= 4 is 39.8 Å². The summed E-state index contributed by atoms with van der Waals surface area (Å²) in [5, 5.41) is 7.00. The normalized spacial score (nSPS) is 19.4. The van der Waals surface area contributed by atoms with E-state index < -0.39 is 33.2 Å². The zero-order valence-electron chi connectivity index (χ0n) is 20.8. The zero-order valence-corrected chi connectivity index (χ0v) is 21.6. The summed E-state index contributed by atoms with van der Waals surface area (Å²) in [6, 6.07) is 5.40. The Morgan fingerprint density at radius 1 is 1.11 bits per heavy atom. The molecule has 0 spiro atoms. The third-order valence-electron chi connectivity index (χ3n) is 5.65. The van der Waals surface area contributed by atoms with Gasteiger partial charge in [-0.3, -0.25) is 15.4 Å². The molecule has 0 bridgehead atoms. The number of amidine groups is 2. The van der Waals surface area contributed by atoms with E-state index in [1.54, 1.807) is 24.1 Å². The van der Waals surface area contributed by atoms with Crippen LogP contribution >= 0.6 is 0 Å². The lowest BCUT2D eigenvalue weighted by Gasteiger charge is -2.32. The molecule has 0 amide bonds. The number of halogens is 3. The molecule has 2 fully saturated rings. The quantitative estimate of drug-likeness (QED) is 0.487. The fourth-order valence-corrected chi connectivity index (χ4v) is 4.72. The fraction of sp³-hybridized carbons (Fsp3) is 0.292. The molecule has 0 atom stereocenters. The van der Waals surface area contributed by atoms with Crippen molar-refractivity contribution in [2.45, 2.75) is 30.7 Å². The highest BCUT2D eigenvalue weighted by molar-refractivity contribution is 7.89. The number of sulfonamides is 1. The summed E-state index contributed by atoms with van der Waals surface area (Å²) in [6.45, 7) is 6.01. The van der Waals surface area contributed by atoms with Crippen LogP contribution in [-0.4, -0.2) is 58.1 Å². The van der Waals surface area contributed by atoms with E-state index >= 15 is 0 Å². The summed E-state index contributed by atoms with van der Waals surface area (Å²) in [5.74, 6) is -3.19. The predicted molar refractivity (Wildman–Crippen MR) is 140 cm³/mol. The minimum absolute atomic E-state index is 0.00386. The molecule has 0 aromatic heterocycles. The van der Waals surface area contributed by atoms with Gasteiger partial charge in [0, 0.05) is 31.5 Å². The van der Waals surface area contributed by atoms with E-state index in [9.17, 15) is 21.6 Å². The SMILES string of the molecule is C=N/C=C1/C(=Nc2c(F)cc(F)cc2F)NN(C2CCOCC2)C1=Nc1ccc(C)c(S(N)(=O)=O)c1.CN. The first-order valence-corrected chi connectivity index (χ1v) is 13.0. The summed E-state index contributed by atoms with van der Waals surface area (Å²) >= 11 is 0. The van der Waals surface area contributed by atoms with Gasteiger partial charge in [0.05, 0.1) is 22.2 Å². The van der Waals surface area contributed by atoms with Gasteiger partial charge >= 0.3 is 0 Å². The van der Waals surface area contributed by atoms with Crippen LogP contribution in [0.3, 0.4) is 0 Å². The van der Waals surface area contributed by atoms with Crippen LogP contribution in [0.15, 0.2) is 62.0 Å². The van der Waals surface area contributed by atoms with Gasteiger partial charge in [0.1, 0.15) is 11.5 Å². The maximum absolute atomic E-state index is 14.4. The average Bonchev–Trinajstić information content (AvgIpc) is 3.20. The van der Waals surface area contributed by atoms with E-state index in [2.05, 4.69) is 32.9 Å². The van der Waals surface area contributed by atoms with Crippen molar-refractivity contribution in [1.29, 1.82) is 0 Å². The number of rotatable bonds is 5. The Morgan fingerprint density at radius 2 is 1.74 bits per heavy atom. The first kappa shape index (κ1) is 29.0. The van der Waals surface area contributed by atoms with Crippen molar-refractivity contribution in [3.63, 3.8) is 0 Å². The second-order valence-corrected chi connectivity index (χ2v) is 9.69. The Hall–Kier alpha value is -3.59. The first-order chi connectivity index (χ1) is 18.1. The van der Waals surface area contributed by atoms with Gasteiger partial charge in [-0.1, -0.05) is 6.07 Å². The summed E-state index contributed by atoms with van der Waals surface area (Å²) in [7, 11) is -2.51. The Labute approximate surface area is 218 Å². The maximum atomic E-state index is 14.4. The Kier molecular flexibility index (Phi) is 9.38. The van der Waals surface area contributed by atoms with Crippen molar-refractivity contribution in [2.75, 3.05) is 20.3 Å². The summed E-state index contributed by atoms with van der Waals surface area (Å²) in [6.07, 6.45) is 2.51. The van der Waals surface area contributed by atoms with Gasteiger partial charge < -0.3 is 10.5 Å². The van der Waals surface area contributed by atoms with Crippen LogP contribution in [0.25, 0.3) is 0 Å². The van der Waals surface area contributed by atoms with E-state index in [1.165, 1.54) is 19.3 Å². The highest BCUT2D eigenvalue weighted by atomic mass is 32.2. The molecular formula is C24H28F3N7O3S. The second kappa shape index (κ2) is 12.3. The number of nitrogens with two attached hydrogens (primary N) is 2. The topological polar surface area (TPSA) is 148 Å². The Balaban J connectivity index is 0.00000195. The summed E-state index contributed by atoms with van der Waals surface area (Å²) in [4.78, 5) is 12.4. The van der Waals surface area contributed by atoms with E-state index in [0.29, 0.717) is 43.8 Å². The monoisotopic (exact) mass is 551 g/mol. The number of aliphatic imine (C=N–C) groups is 3. The predicted octanol–water partition coefficient (Wildman–Crippen LogP) is 2.98. The second-order valence-electron chi connectivity index (χ2n) is 8.16. The fourth-order valence-electron chi connectivity index (χ4n) is 3.92. The number of aryl methyl sites for hydroxylation is 1. The van der Waals surface area contributed by atoms with Crippen LogP contribution < -0.4 is 16.3 Å². The van der Waals surface area contributed by atoms with Crippen LogP contribution in [0.2, 0.25) is 0 Å². The molecule has 5 N–H and O–H groups in total. The summed E-state index contributed by atoms with van der Waals surface area (Å²) < 4.78 is 71.6. The van der Waals surface area contributed by atoms with E-state index in [-0.39, 0.29) is 33.9 Å². The van der Waals surface area contributed by atoms with Crippen molar-refractivity contribution in [2.24, 2.45) is 25.8 Å². The molecule has 204 valence electrons. The van der Waals surface area contributed by atoms with Crippen LogP contribution in [0, 0.1) is 24.4 Å². The molecule has 0 aliphatic carbocycles. The smallest absolute Gasteiger partial charge is 0.238 e. The van der Waals surface area contributed by atoms with E-state index in [1.807, 2.05) is 0 Å². The number of nitrogens with zero attached hydrogens (tertiary/aromatic N) is 4. The lowest BCUT2D eigenvalue weighted by molar-refractivity contribution is 0.0508. The molecule has 0 radical (unpaired) electrons. The average molecular weight is 552 g/mol. The van der Waals surface area contributed by atoms with Gasteiger partial charge in [0.15, 0.2) is 23.3 Å². The van der Waals surface area contributed by atoms with Gasteiger partial charge in [-0.05, 0) is 51.2 Å². The molecule has 2 aliphatic rings. The molecule has 38 heavy (non-hydrogen) atoms. The third kappa shape index (κ3) is 6.45. The molecule has 2 heterocycles. The van der Waals surface area contributed by atoms with Crippen LogP contribution in [-0.2, 0) is 14.8 Å². The largest absolute Gasteiger partial charge is 0.381 e. The minimum Gasteiger partial charge on any atom is -0.381 e. The third-order valence-corrected chi connectivity index (χ3v) is 6.70. The highest BCUT2D eigenvalue weighted by Crippen LogP contribution is 2.30. The van der Waals surface area contributed by atoms with E-state index in [4.69, 9.17) is 9.88 Å². The van der Waals surface area contributed by atoms with Crippen LogP contribution in [0.5, 0.6) is 0 Å². The number of hydrogen-bond donors (Lipinski definition) is 3. The molecule has 0 saturated carbocycles. The highest BCUT2D eigenvalue weighted by Gasteiger charge is 2.36. The molecule has 4 rings (SSSR count). The van der Waals surface area contributed by atoms with Gasteiger partial charge in [0.25, 0.3) is 0 Å². The first-order valence-electron chi connectivity index (χ1n) is 11.4. The molecule has 14 heteroatoms. The molecule has 2 saturated heterocycles. The lowest BCUT2D eigenvalue weighted by Crippen LogP contribution is -2.46. The van der Waals surface area contributed by atoms with E-state index in [0.717, 1.165) is 0 Å². The number of ether oxygens (including phenoxy) is 1. The van der Waals surface area contributed by atoms with Gasteiger partial charge in [-0.15, -0.1) is 0 Å². The lowest BCUT2D eigenvalue weighted by atomic mass is 10.1. The molecule has 10 nitrogen and oxygen atoms in total. The number of hydrogen-bond acceptors (Lipinski definition) is 7. The van der Waals surface area contributed by atoms with Crippen molar-refractivity contribution in [3.8, 4) is 0 Å². The number of hydrazine groups is 1. The molecule has 2 aromatic carbocycles. The van der Waals surface area contributed by atoms with Crippen molar-refractivity contribution < 1.29 is 26.3 Å². The molecule has 2 aliphatic heterocycles. The Bertz CT molecular complexity index is 1380. The van der Waals surface area contributed by atoms with Gasteiger partial charge in [-0.2, -0.15) is 0 Å². The Morgan fingerprint density at radius 3 is 2.32 bits per heavy atom. The van der Waals surface area contributed by atoms with Gasteiger partial charge in [-0.25, -0.2) is 36.7 Å². The molecule has 2 aromatic rings. The maximum Gasteiger partial charge on any atom is 0.238 e. The molecular weight excluding hydrogens is 523 g/mol. The molecule has 0 unspecified atom stereocenters. The number of benzene rings is 2. The van der Waals surface area contributed by atoms with Crippen LogP contribution in [0.4, 0.5) is 24.5 Å². The summed E-state index contributed by atoms with van der Waals surface area (Å²) in [5.41, 5.74) is 7.75. The number of primary sulfonamides is 1. The minimum atomic E-state index is -4.01. The van der Waals surface area contributed by atoms with Crippen LogP contribution in [0.1, 0.15) is 18.4 Å².